The highest BCUT2D eigenvalue weighted by Gasteiger charge is 2.22. The zero-order valence-electron chi connectivity index (χ0n) is 11.3. The monoisotopic (exact) mass is 301 g/mol. The van der Waals surface area contributed by atoms with Crippen molar-refractivity contribution in [1.29, 1.82) is 0 Å². The van der Waals surface area contributed by atoms with Gasteiger partial charge in [0.2, 0.25) is 0 Å². The first-order chi connectivity index (χ1) is 10.0. The average Bonchev–Trinajstić information content (AvgIpc) is 2.81. The fourth-order valence-electron chi connectivity index (χ4n) is 2.27. The average molecular weight is 301 g/mol. The van der Waals surface area contributed by atoms with Crippen molar-refractivity contribution in [3.05, 3.63) is 45.3 Å². The third kappa shape index (κ3) is 2.02. The predicted octanol–water partition coefficient (Wildman–Crippen LogP) is 2.06. The second-order valence-electron chi connectivity index (χ2n) is 4.56. The number of carboxylic acid groups (broad SMARTS) is 1. The first-order valence-electron chi connectivity index (χ1n) is 6.14. The van der Waals surface area contributed by atoms with E-state index >= 15 is 0 Å². The maximum atomic E-state index is 12.3. The van der Waals surface area contributed by atoms with E-state index < -0.39 is 11.5 Å². The Labute approximate surface area is 123 Å². The van der Waals surface area contributed by atoms with Gasteiger partial charge < -0.3 is 5.11 Å². The molecule has 0 unspecified atom stereocenters. The highest BCUT2D eigenvalue weighted by molar-refractivity contribution is 7.20. The highest BCUT2D eigenvalue weighted by Crippen LogP contribution is 2.34. The summed E-state index contributed by atoms with van der Waals surface area (Å²) in [6, 6.07) is 3.56. The number of thiophene rings is 1. The molecule has 0 aliphatic carbocycles. The Morgan fingerprint density at radius 3 is 2.62 bits per heavy atom. The van der Waals surface area contributed by atoms with Gasteiger partial charge in [0.05, 0.1) is 15.6 Å². The minimum atomic E-state index is -1.09. The van der Waals surface area contributed by atoms with Crippen LogP contribution >= 0.6 is 11.3 Å². The van der Waals surface area contributed by atoms with Crippen LogP contribution in [-0.2, 0) is 7.05 Å². The molecule has 0 aliphatic heterocycles. The molecule has 3 rings (SSSR count). The molecule has 0 aliphatic rings. The van der Waals surface area contributed by atoms with E-state index in [-0.39, 0.29) is 10.9 Å². The summed E-state index contributed by atoms with van der Waals surface area (Å²) in [5, 5.41) is 13.9. The van der Waals surface area contributed by atoms with E-state index in [4.69, 9.17) is 0 Å². The van der Waals surface area contributed by atoms with Gasteiger partial charge in [0.25, 0.3) is 5.56 Å². The summed E-state index contributed by atoms with van der Waals surface area (Å²) in [4.78, 5) is 28.3. The molecular formula is C14H11N3O3S. The normalized spacial score (nSPS) is 11.0. The molecule has 0 bridgehead atoms. The van der Waals surface area contributed by atoms with Crippen molar-refractivity contribution in [2.45, 2.75) is 6.92 Å². The maximum Gasteiger partial charge on any atom is 0.337 e. The molecule has 6 nitrogen and oxygen atoms in total. The Morgan fingerprint density at radius 2 is 2.00 bits per heavy atom. The van der Waals surface area contributed by atoms with E-state index in [1.807, 2.05) is 0 Å². The van der Waals surface area contributed by atoms with Gasteiger partial charge in [0, 0.05) is 29.9 Å². The molecule has 7 heteroatoms. The van der Waals surface area contributed by atoms with Crippen molar-refractivity contribution in [2.24, 2.45) is 7.05 Å². The van der Waals surface area contributed by atoms with Crippen molar-refractivity contribution < 1.29 is 9.90 Å². The second kappa shape index (κ2) is 4.78. The number of fused-ring (bicyclic) bond motifs is 1. The molecule has 21 heavy (non-hydrogen) atoms. The molecular weight excluding hydrogens is 290 g/mol. The van der Waals surface area contributed by atoms with Gasteiger partial charge in [-0.1, -0.05) is 0 Å². The van der Waals surface area contributed by atoms with Crippen LogP contribution < -0.4 is 5.56 Å². The molecule has 0 fully saturated rings. The van der Waals surface area contributed by atoms with Crippen LogP contribution in [-0.4, -0.2) is 25.8 Å². The van der Waals surface area contributed by atoms with Crippen molar-refractivity contribution in [2.75, 3.05) is 0 Å². The van der Waals surface area contributed by atoms with E-state index in [9.17, 15) is 14.7 Å². The standard InChI is InChI=1S/C14H11N3O3S/c1-7-9(14(19)20)10-12(21-7)11(16-17(2)13(10)18)8-3-5-15-6-4-8/h3-6H,1-2H3,(H,19,20). The SMILES string of the molecule is Cc1sc2c(-c3ccncc3)nn(C)c(=O)c2c1C(=O)O. The molecule has 0 atom stereocenters. The summed E-state index contributed by atoms with van der Waals surface area (Å²) in [6.07, 6.45) is 3.26. The van der Waals surface area contributed by atoms with Crippen LogP contribution in [0, 0.1) is 6.92 Å². The van der Waals surface area contributed by atoms with E-state index in [1.165, 1.54) is 23.1 Å². The number of rotatable bonds is 2. The Hall–Kier alpha value is -2.54. The largest absolute Gasteiger partial charge is 0.478 e. The fraction of sp³-hybridized carbons (Fsp3) is 0.143. The second-order valence-corrected chi connectivity index (χ2v) is 5.78. The quantitative estimate of drug-likeness (QED) is 0.783. The molecule has 3 heterocycles. The molecule has 3 aromatic heterocycles. The van der Waals surface area contributed by atoms with E-state index in [0.29, 0.717) is 15.3 Å². The zero-order chi connectivity index (χ0) is 15.1. The first kappa shape index (κ1) is 13.4. The molecule has 0 saturated carbocycles. The van der Waals surface area contributed by atoms with Crippen molar-refractivity contribution in [3.63, 3.8) is 0 Å². The third-order valence-electron chi connectivity index (χ3n) is 3.22. The maximum absolute atomic E-state index is 12.3. The summed E-state index contributed by atoms with van der Waals surface area (Å²) >= 11 is 1.27. The molecule has 1 N–H and O–H groups in total. The first-order valence-corrected chi connectivity index (χ1v) is 6.96. The van der Waals surface area contributed by atoms with Crippen molar-refractivity contribution >= 4 is 27.4 Å². The zero-order valence-corrected chi connectivity index (χ0v) is 12.1. The summed E-state index contributed by atoms with van der Waals surface area (Å²) in [6.45, 7) is 1.70. The molecule has 0 amide bonds. The van der Waals surface area contributed by atoms with Gasteiger partial charge >= 0.3 is 5.97 Å². The summed E-state index contributed by atoms with van der Waals surface area (Å²) in [5.74, 6) is -1.09. The fourth-order valence-corrected chi connectivity index (χ4v) is 3.42. The minimum absolute atomic E-state index is 0.0632. The third-order valence-corrected chi connectivity index (χ3v) is 4.34. The summed E-state index contributed by atoms with van der Waals surface area (Å²) < 4.78 is 1.77. The van der Waals surface area contributed by atoms with E-state index in [2.05, 4.69) is 10.1 Å². The van der Waals surface area contributed by atoms with Crippen LogP contribution in [0.25, 0.3) is 21.3 Å². The lowest BCUT2D eigenvalue weighted by atomic mass is 10.1. The van der Waals surface area contributed by atoms with Crippen LogP contribution in [0.1, 0.15) is 15.2 Å². The lowest BCUT2D eigenvalue weighted by molar-refractivity contribution is 0.0699. The Morgan fingerprint density at radius 1 is 1.33 bits per heavy atom. The topological polar surface area (TPSA) is 85.1 Å². The summed E-state index contributed by atoms with van der Waals surface area (Å²) in [7, 11) is 1.52. The van der Waals surface area contributed by atoms with Crippen LogP contribution in [0.15, 0.2) is 29.3 Å². The minimum Gasteiger partial charge on any atom is -0.478 e. The molecule has 0 radical (unpaired) electrons. The van der Waals surface area contributed by atoms with E-state index in [0.717, 1.165) is 5.56 Å². The Balaban J connectivity index is 2.49. The highest BCUT2D eigenvalue weighted by atomic mass is 32.1. The van der Waals surface area contributed by atoms with Gasteiger partial charge in [0.1, 0.15) is 5.69 Å². The Kier molecular flexibility index (Phi) is 3.06. The van der Waals surface area contributed by atoms with Crippen LogP contribution in [0.3, 0.4) is 0 Å². The van der Waals surface area contributed by atoms with Crippen LogP contribution in [0.4, 0.5) is 0 Å². The van der Waals surface area contributed by atoms with Gasteiger partial charge in [-0.15, -0.1) is 11.3 Å². The predicted molar refractivity (Wildman–Crippen MR) is 79.8 cm³/mol. The number of hydrogen-bond donors (Lipinski definition) is 1. The number of carboxylic acids is 1. The van der Waals surface area contributed by atoms with Crippen LogP contribution in [0.5, 0.6) is 0 Å². The Bertz CT molecular complexity index is 913. The molecule has 106 valence electrons. The number of hydrogen-bond acceptors (Lipinski definition) is 5. The van der Waals surface area contributed by atoms with Gasteiger partial charge in [-0.3, -0.25) is 9.78 Å². The van der Waals surface area contributed by atoms with Gasteiger partial charge in [-0.25, -0.2) is 9.48 Å². The molecule has 0 saturated heterocycles. The number of carbonyl (C=O) groups is 1. The molecule has 0 spiro atoms. The number of aromatic carboxylic acids is 1. The molecule has 0 aromatic carbocycles. The number of aryl methyl sites for hydroxylation is 2. The smallest absolute Gasteiger partial charge is 0.337 e. The lowest BCUT2D eigenvalue weighted by Crippen LogP contribution is -2.21. The number of aromatic nitrogens is 3. The molecule has 3 aromatic rings. The van der Waals surface area contributed by atoms with Gasteiger partial charge in [-0.2, -0.15) is 5.10 Å². The lowest BCUT2D eigenvalue weighted by Gasteiger charge is -2.05. The van der Waals surface area contributed by atoms with Gasteiger partial charge in [-0.05, 0) is 19.1 Å². The van der Waals surface area contributed by atoms with Crippen molar-refractivity contribution in [3.8, 4) is 11.3 Å². The van der Waals surface area contributed by atoms with Crippen LogP contribution in [0.2, 0.25) is 0 Å². The number of nitrogens with zero attached hydrogens (tertiary/aromatic N) is 3. The van der Waals surface area contributed by atoms with E-state index in [1.54, 1.807) is 31.5 Å². The van der Waals surface area contributed by atoms with Crippen molar-refractivity contribution in [1.82, 2.24) is 14.8 Å². The number of pyridine rings is 1. The van der Waals surface area contributed by atoms with Gasteiger partial charge in [0.15, 0.2) is 0 Å². The summed E-state index contributed by atoms with van der Waals surface area (Å²) in [5.41, 5.74) is 1.05.